The molecule has 2 heterocycles. The van der Waals surface area contributed by atoms with Crippen LogP contribution in [-0.4, -0.2) is 21.6 Å². The quantitative estimate of drug-likeness (QED) is 0.684. The summed E-state index contributed by atoms with van der Waals surface area (Å²) >= 11 is 12.2. The highest BCUT2D eigenvalue weighted by atomic mass is 35.5. The van der Waals surface area contributed by atoms with Gasteiger partial charge in [-0.1, -0.05) is 41.4 Å². The van der Waals surface area contributed by atoms with Crippen LogP contribution >= 0.6 is 23.2 Å². The highest BCUT2D eigenvalue weighted by Crippen LogP contribution is 2.36. The molecule has 1 aromatic heterocycles. The minimum absolute atomic E-state index is 0.151. The van der Waals surface area contributed by atoms with E-state index >= 15 is 0 Å². The van der Waals surface area contributed by atoms with Gasteiger partial charge in [0.1, 0.15) is 6.33 Å². The van der Waals surface area contributed by atoms with Gasteiger partial charge in [-0.3, -0.25) is 9.79 Å². The van der Waals surface area contributed by atoms with Crippen molar-refractivity contribution in [1.29, 1.82) is 0 Å². The van der Waals surface area contributed by atoms with Gasteiger partial charge in [-0.05, 0) is 29.3 Å². The summed E-state index contributed by atoms with van der Waals surface area (Å²) in [5, 5.41) is 3.58. The van der Waals surface area contributed by atoms with Crippen molar-refractivity contribution in [3.8, 4) is 11.1 Å². The molecule has 1 aliphatic heterocycles. The summed E-state index contributed by atoms with van der Waals surface area (Å²) in [5.41, 5.74) is 4.47. The first-order chi connectivity index (χ1) is 12.6. The molecule has 0 saturated heterocycles. The summed E-state index contributed by atoms with van der Waals surface area (Å²) < 4.78 is 0. The molecule has 0 bridgehead atoms. The van der Waals surface area contributed by atoms with Gasteiger partial charge in [-0.15, -0.1) is 0 Å². The molecule has 26 heavy (non-hydrogen) atoms. The molecule has 0 fully saturated rings. The first-order valence-corrected chi connectivity index (χ1v) is 8.58. The number of nitrogens with one attached hydrogen (secondary N) is 1. The Labute approximate surface area is 159 Å². The minimum atomic E-state index is -0.158. The van der Waals surface area contributed by atoms with Gasteiger partial charge in [0, 0.05) is 18.0 Å². The number of fused-ring (bicyclic) bond motifs is 1. The number of aromatic nitrogens is 2. The number of hydrogen-bond acceptors (Lipinski definition) is 4. The number of nitrogens with zero attached hydrogens (tertiary/aromatic N) is 3. The fraction of sp³-hybridized carbons (Fsp3) is 0.0526. The van der Waals surface area contributed by atoms with Crippen molar-refractivity contribution in [1.82, 2.24) is 9.97 Å². The molecular formula is C19H12Cl2N4O. The molecule has 1 amide bonds. The van der Waals surface area contributed by atoms with Gasteiger partial charge in [-0.25, -0.2) is 9.97 Å². The Morgan fingerprint density at radius 2 is 1.65 bits per heavy atom. The van der Waals surface area contributed by atoms with E-state index in [1.54, 1.807) is 24.5 Å². The summed E-state index contributed by atoms with van der Waals surface area (Å²) in [6, 6.07) is 11.0. The maximum atomic E-state index is 12.3. The van der Waals surface area contributed by atoms with E-state index in [4.69, 9.17) is 23.2 Å². The second-order valence-corrected chi connectivity index (χ2v) is 6.59. The van der Waals surface area contributed by atoms with E-state index in [1.807, 2.05) is 24.3 Å². The topological polar surface area (TPSA) is 67.2 Å². The molecular weight excluding hydrogens is 371 g/mol. The fourth-order valence-corrected chi connectivity index (χ4v) is 3.07. The van der Waals surface area contributed by atoms with Crippen LogP contribution in [0.15, 0.2) is 60.1 Å². The first-order valence-electron chi connectivity index (χ1n) is 7.82. The highest BCUT2D eigenvalue weighted by molar-refractivity contribution is 6.42. The van der Waals surface area contributed by atoms with E-state index in [1.165, 1.54) is 6.33 Å². The second kappa shape index (κ2) is 6.86. The van der Waals surface area contributed by atoms with Crippen molar-refractivity contribution in [3.05, 3.63) is 70.7 Å². The monoisotopic (exact) mass is 382 g/mol. The Kier molecular flexibility index (Phi) is 4.41. The highest BCUT2D eigenvalue weighted by Gasteiger charge is 2.19. The Morgan fingerprint density at radius 1 is 0.923 bits per heavy atom. The van der Waals surface area contributed by atoms with Crippen LogP contribution in [0.4, 0.5) is 11.4 Å². The summed E-state index contributed by atoms with van der Waals surface area (Å²) in [4.78, 5) is 25.0. The van der Waals surface area contributed by atoms with Crippen molar-refractivity contribution in [2.75, 3.05) is 5.32 Å². The molecule has 2 aromatic carbocycles. The van der Waals surface area contributed by atoms with E-state index in [2.05, 4.69) is 20.3 Å². The van der Waals surface area contributed by atoms with Gasteiger partial charge in [0.2, 0.25) is 5.91 Å². The number of amides is 1. The second-order valence-electron chi connectivity index (χ2n) is 5.77. The first kappa shape index (κ1) is 16.7. The third kappa shape index (κ3) is 3.31. The predicted octanol–water partition coefficient (Wildman–Crippen LogP) is 4.91. The van der Waals surface area contributed by atoms with Crippen LogP contribution in [0.3, 0.4) is 0 Å². The number of carbonyl (C=O) groups is 1. The van der Waals surface area contributed by atoms with E-state index in [-0.39, 0.29) is 12.3 Å². The Morgan fingerprint density at radius 3 is 2.46 bits per heavy atom. The van der Waals surface area contributed by atoms with Gasteiger partial charge < -0.3 is 5.32 Å². The zero-order valence-corrected chi connectivity index (χ0v) is 14.9. The van der Waals surface area contributed by atoms with E-state index in [0.29, 0.717) is 27.1 Å². The van der Waals surface area contributed by atoms with Crippen LogP contribution in [0.5, 0.6) is 0 Å². The number of hydrogen-bond donors (Lipinski definition) is 1. The molecule has 4 rings (SSSR count). The minimum Gasteiger partial charge on any atom is -0.324 e. The number of carbonyl (C=O) groups excluding carboxylic acids is 1. The fourth-order valence-electron chi connectivity index (χ4n) is 2.75. The lowest BCUT2D eigenvalue weighted by atomic mass is 10.0. The molecule has 0 aliphatic carbocycles. The van der Waals surface area contributed by atoms with Crippen LogP contribution in [0.1, 0.15) is 12.0 Å². The maximum Gasteiger partial charge on any atom is 0.230 e. The molecule has 7 heteroatoms. The van der Waals surface area contributed by atoms with E-state index in [0.717, 1.165) is 16.7 Å². The molecule has 0 spiro atoms. The summed E-state index contributed by atoms with van der Waals surface area (Å²) in [7, 11) is 0. The lowest BCUT2D eigenvalue weighted by molar-refractivity contribution is -0.115. The van der Waals surface area contributed by atoms with Crippen LogP contribution < -0.4 is 5.32 Å². The Balaban J connectivity index is 1.80. The zero-order chi connectivity index (χ0) is 18.1. The number of rotatable bonds is 2. The van der Waals surface area contributed by atoms with E-state index in [9.17, 15) is 4.79 Å². The zero-order valence-electron chi connectivity index (χ0n) is 13.4. The molecule has 1 aliphatic rings. The van der Waals surface area contributed by atoms with Crippen LogP contribution in [0.25, 0.3) is 11.1 Å². The molecule has 0 saturated carbocycles. The molecule has 0 unspecified atom stereocenters. The molecule has 5 nitrogen and oxygen atoms in total. The molecule has 0 radical (unpaired) electrons. The van der Waals surface area contributed by atoms with Crippen molar-refractivity contribution in [3.63, 3.8) is 0 Å². The molecule has 128 valence electrons. The molecule has 3 aromatic rings. The van der Waals surface area contributed by atoms with Gasteiger partial charge >= 0.3 is 0 Å². The molecule has 0 atom stereocenters. The van der Waals surface area contributed by atoms with Crippen LogP contribution in [0, 0.1) is 0 Å². The average molecular weight is 383 g/mol. The Hall–Kier alpha value is -2.76. The van der Waals surface area contributed by atoms with Crippen LogP contribution in [-0.2, 0) is 4.79 Å². The summed E-state index contributed by atoms with van der Waals surface area (Å²) in [6.07, 6.45) is 5.12. The predicted molar refractivity (Wildman–Crippen MR) is 103 cm³/mol. The summed E-state index contributed by atoms with van der Waals surface area (Å²) in [5.74, 6) is -0.158. The number of aliphatic imine (C=N–C) groups is 1. The van der Waals surface area contributed by atoms with Gasteiger partial charge in [0.05, 0.1) is 33.6 Å². The van der Waals surface area contributed by atoms with Crippen molar-refractivity contribution >= 4 is 46.2 Å². The third-order valence-electron chi connectivity index (χ3n) is 3.99. The number of halogens is 2. The van der Waals surface area contributed by atoms with Gasteiger partial charge in [0.25, 0.3) is 0 Å². The van der Waals surface area contributed by atoms with Gasteiger partial charge in [-0.2, -0.15) is 0 Å². The van der Waals surface area contributed by atoms with Crippen LogP contribution in [0.2, 0.25) is 10.0 Å². The van der Waals surface area contributed by atoms with Crippen molar-refractivity contribution in [2.45, 2.75) is 6.42 Å². The summed E-state index contributed by atoms with van der Waals surface area (Å²) in [6.45, 7) is 0. The lowest BCUT2D eigenvalue weighted by Gasteiger charge is -2.07. The Bertz CT molecular complexity index is 1030. The smallest absolute Gasteiger partial charge is 0.230 e. The lowest BCUT2D eigenvalue weighted by Crippen LogP contribution is -2.15. The standard InChI is InChI=1S/C19H12Cl2N4O/c20-14-5-17-18(6-15(14)21)25-19(26)7-16(24-17)12-3-1-2-11(4-12)13-8-22-10-23-9-13/h1-6,8-10H,7H2,(H,25,26). The number of benzene rings is 2. The normalized spacial score (nSPS) is 13.5. The van der Waals surface area contributed by atoms with Crippen molar-refractivity contribution < 1.29 is 4.79 Å². The third-order valence-corrected chi connectivity index (χ3v) is 4.71. The van der Waals surface area contributed by atoms with Gasteiger partial charge in [0.15, 0.2) is 0 Å². The largest absolute Gasteiger partial charge is 0.324 e. The SMILES string of the molecule is O=C1CC(c2cccc(-c3cncnc3)c2)=Nc2cc(Cl)c(Cl)cc2N1. The van der Waals surface area contributed by atoms with Crippen molar-refractivity contribution in [2.24, 2.45) is 4.99 Å². The van der Waals surface area contributed by atoms with E-state index < -0.39 is 0 Å². The maximum absolute atomic E-state index is 12.3. The number of anilines is 1. The average Bonchev–Trinajstić information content (AvgIpc) is 2.81. The molecule has 1 N–H and O–H groups in total.